The molecule has 0 saturated heterocycles. The third-order valence-electron chi connectivity index (χ3n) is 3.92. The number of esters is 1. The van der Waals surface area contributed by atoms with Crippen molar-refractivity contribution in [2.75, 3.05) is 12.5 Å². The lowest BCUT2D eigenvalue weighted by Gasteiger charge is -2.40. The summed E-state index contributed by atoms with van der Waals surface area (Å²) in [5.74, 6) is 0.320. The molecule has 0 amide bonds. The summed E-state index contributed by atoms with van der Waals surface area (Å²) in [5, 5.41) is 10.7. The zero-order chi connectivity index (χ0) is 14.5. The molecule has 0 bridgehead atoms. The van der Waals surface area contributed by atoms with Crippen LogP contribution in [0, 0.1) is 11.8 Å². The molecule has 0 unspecified atom stereocenters. The van der Waals surface area contributed by atoms with Crippen molar-refractivity contribution in [2.45, 2.75) is 38.7 Å². The third kappa shape index (κ3) is 4.36. The van der Waals surface area contributed by atoms with Crippen LogP contribution < -0.4 is 0 Å². The standard InChI is InChI=1S/C15H23ClO3/c1-4-19-14(17)7-8-15(18)9-13(11(2)10-16)6-5-12(15)3/h7-8,12-13,18H,2,4-6,9-10H2,1,3H3/b8-7+/t12-,13-,15-/m1/s1. The summed E-state index contributed by atoms with van der Waals surface area (Å²) in [6.45, 7) is 8.04. The van der Waals surface area contributed by atoms with Gasteiger partial charge < -0.3 is 9.84 Å². The van der Waals surface area contributed by atoms with Crippen molar-refractivity contribution in [3.63, 3.8) is 0 Å². The van der Waals surface area contributed by atoms with E-state index in [1.165, 1.54) is 6.08 Å². The summed E-state index contributed by atoms with van der Waals surface area (Å²) in [6.07, 6.45) is 5.34. The second-order valence-electron chi connectivity index (χ2n) is 5.25. The number of rotatable bonds is 5. The average molecular weight is 287 g/mol. The average Bonchev–Trinajstić information content (AvgIpc) is 2.39. The van der Waals surface area contributed by atoms with Gasteiger partial charge in [-0.15, -0.1) is 11.6 Å². The molecular weight excluding hydrogens is 264 g/mol. The van der Waals surface area contributed by atoms with Crippen LogP contribution in [-0.2, 0) is 9.53 Å². The van der Waals surface area contributed by atoms with Gasteiger partial charge in [-0.05, 0) is 44.1 Å². The molecule has 4 heteroatoms. The lowest BCUT2D eigenvalue weighted by Crippen LogP contribution is -2.41. The van der Waals surface area contributed by atoms with Crippen LogP contribution >= 0.6 is 11.6 Å². The highest BCUT2D eigenvalue weighted by Gasteiger charge is 2.38. The van der Waals surface area contributed by atoms with E-state index in [9.17, 15) is 9.90 Å². The van der Waals surface area contributed by atoms with Crippen LogP contribution in [-0.4, -0.2) is 29.2 Å². The van der Waals surface area contributed by atoms with E-state index in [2.05, 4.69) is 6.58 Å². The predicted octanol–water partition coefficient (Wildman–Crippen LogP) is 3.07. The molecule has 1 N–H and O–H groups in total. The monoisotopic (exact) mass is 286 g/mol. The first kappa shape index (κ1) is 16.3. The van der Waals surface area contributed by atoms with Crippen molar-refractivity contribution >= 4 is 17.6 Å². The van der Waals surface area contributed by atoms with Crippen LogP contribution in [0.5, 0.6) is 0 Å². The molecule has 1 rings (SSSR count). The van der Waals surface area contributed by atoms with Gasteiger partial charge in [-0.3, -0.25) is 0 Å². The van der Waals surface area contributed by atoms with Gasteiger partial charge in [-0.25, -0.2) is 4.79 Å². The second-order valence-corrected chi connectivity index (χ2v) is 5.52. The number of alkyl halides is 1. The Morgan fingerprint density at radius 2 is 2.26 bits per heavy atom. The summed E-state index contributed by atoms with van der Waals surface area (Å²) in [5.41, 5.74) is -0.0264. The molecule has 3 atom stereocenters. The van der Waals surface area contributed by atoms with Crippen molar-refractivity contribution < 1.29 is 14.6 Å². The quantitative estimate of drug-likeness (QED) is 0.366. The van der Waals surface area contributed by atoms with Crippen molar-refractivity contribution in [3.8, 4) is 0 Å². The van der Waals surface area contributed by atoms with Gasteiger partial charge in [0.05, 0.1) is 12.2 Å². The Morgan fingerprint density at radius 1 is 1.58 bits per heavy atom. The smallest absolute Gasteiger partial charge is 0.330 e. The molecule has 1 fully saturated rings. The Labute approximate surface area is 120 Å². The molecule has 3 nitrogen and oxygen atoms in total. The number of carbonyl (C=O) groups excluding carboxylic acids is 1. The molecule has 0 aliphatic heterocycles. The Morgan fingerprint density at radius 3 is 2.84 bits per heavy atom. The Kier molecular flexibility index (Phi) is 6.08. The van der Waals surface area contributed by atoms with Gasteiger partial charge in [0.2, 0.25) is 0 Å². The Hall–Kier alpha value is -0.800. The van der Waals surface area contributed by atoms with E-state index in [1.54, 1.807) is 13.0 Å². The number of hydrogen-bond donors (Lipinski definition) is 1. The summed E-state index contributed by atoms with van der Waals surface area (Å²) in [7, 11) is 0. The number of allylic oxidation sites excluding steroid dienone is 1. The fourth-order valence-corrected chi connectivity index (χ4v) is 2.71. The SMILES string of the molecule is C=C(CCl)[C@@H]1CC[C@@H](C)[C@@](O)(/C=C/C(=O)OCC)C1. The van der Waals surface area contributed by atoms with Crippen molar-refractivity contribution in [1.82, 2.24) is 0 Å². The zero-order valence-electron chi connectivity index (χ0n) is 11.7. The van der Waals surface area contributed by atoms with Crippen LogP contribution in [0.1, 0.15) is 33.1 Å². The minimum absolute atomic E-state index is 0.109. The lowest BCUT2D eigenvalue weighted by molar-refractivity contribution is -0.137. The van der Waals surface area contributed by atoms with Crippen LogP contribution in [0.2, 0.25) is 0 Å². The fourth-order valence-electron chi connectivity index (χ4n) is 2.49. The van der Waals surface area contributed by atoms with Gasteiger partial charge in [0, 0.05) is 12.0 Å². The van der Waals surface area contributed by atoms with Crippen molar-refractivity contribution in [1.29, 1.82) is 0 Å². The lowest BCUT2D eigenvalue weighted by atomic mass is 9.69. The maximum atomic E-state index is 11.3. The Bertz CT molecular complexity index is 364. The third-order valence-corrected chi connectivity index (χ3v) is 4.26. The first-order valence-corrected chi connectivity index (χ1v) is 7.28. The number of aliphatic hydroxyl groups is 1. The fraction of sp³-hybridized carbons (Fsp3) is 0.667. The van der Waals surface area contributed by atoms with Gasteiger partial charge in [0.25, 0.3) is 0 Å². The van der Waals surface area contributed by atoms with E-state index >= 15 is 0 Å². The molecular formula is C15H23ClO3. The van der Waals surface area contributed by atoms with E-state index in [-0.39, 0.29) is 11.8 Å². The normalized spacial score (nSPS) is 31.4. The van der Waals surface area contributed by atoms with Crippen LogP contribution in [0.15, 0.2) is 24.3 Å². The van der Waals surface area contributed by atoms with Crippen LogP contribution in [0.4, 0.5) is 0 Å². The van der Waals surface area contributed by atoms with Gasteiger partial charge >= 0.3 is 5.97 Å². The van der Waals surface area contributed by atoms with Crippen LogP contribution in [0.3, 0.4) is 0 Å². The molecule has 1 aliphatic carbocycles. The molecule has 0 aromatic carbocycles. The van der Waals surface area contributed by atoms with Gasteiger partial charge in [-0.1, -0.05) is 19.1 Å². The molecule has 0 aromatic heterocycles. The number of hydrogen-bond acceptors (Lipinski definition) is 3. The first-order valence-electron chi connectivity index (χ1n) is 6.75. The summed E-state index contributed by atoms with van der Waals surface area (Å²) >= 11 is 5.81. The van der Waals surface area contributed by atoms with Gasteiger partial charge in [-0.2, -0.15) is 0 Å². The van der Waals surface area contributed by atoms with E-state index in [4.69, 9.17) is 16.3 Å². The minimum Gasteiger partial charge on any atom is -0.463 e. The highest BCUT2D eigenvalue weighted by molar-refractivity contribution is 6.19. The van der Waals surface area contributed by atoms with Gasteiger partial charge in [0.15, 0.2) is 0 Å². The Balaban J connectivity index is 2.75. The van der Waals surface area contributed by atoms with E-state index in [1.807, 2.05) is 6.92 Å². The second kappa shape index (κ2) is 7.11. The van der Waals surface area contributed by atoms with E-state index in [0.29, 0.717) is 18.9 Å². The highest BCUT2D eigenvalue weighted by Crippen LogP contribution is 2.40. The van der Waals surface area contributed by atoms with Crippen molar-refractivity contribution in [2.24, 2.45) is 11.8 Å². The van der Waals surface area contributed by atoms with Crippen LogP contribution in [0.25, 0.3) is 0 Å². The zero-order valence-corrected chi connectivity index (χ0v) is 12.4. The molecule has 0 aromatic rings. The molecule has 108 valence electrons. The molecule has 0 heterocycles. The summed E-state index contributed by atoms with van der Waals surface area (Å²) < 4.78 is 4.83. The predicted molar refractivity (Wildman–Crippen MR) is 77.1 cm³/mol. The summed E-state index contributed by atoms with van der Waals surface area (Å²) in [4.78, 5) is 11.3. The van der Waals surface area contributed by atoms with E-state index < -0.39 is 11.6 Å². The maximum Gasteiger partial charge on any atom is 0.330 e. The summed E-state index contributed by atoms with van der Waals surface area (Å²) in [6, 6.07) is 0. The first-order chi connectivity index (χ1) is 8.92. The van der Waals surface area contributed by atoms with E-state index in [0.717, 1.165) is 18.4 Å². The molecule has 0 spiro atoms. The van der Waals surface area contributed by atoms with Gasteiger partial charge in [0.1, 0.15) is 0 Å². The number of ether oxygens (including phenoxy) is 1. The molecule has 1 aliphatic rings. The number of halogens is 1. The molecule has 1 saturated carbocycles. The minimum atomic E-state index is -0.981. The number of carbonyl (C=O) groups is 1. The largest absolute Gasteiger partial charge is 0.463 e. The highest BCUT2D eigenvalue weighted by atomic mass is 35.5. The van der Waals surface area contributed by atoms with Crippen molar-refractivity contribution in [3.05, 3.63) is 24.3 Å². The topological polar surface area (TPSA) is 46.5 Å². The molecule has 19 heavy (non-hydrogen) atoms. The maximum absolute atomic E-state index is 11.3. The molecule has 0 radical (unpaired) electrons.